The van der Waals surface area contributed by atoms with E-state index in [9.17, 15) is 4.79 Å². The van der Waals surface area contributed by atoms with Crippen LogP contribution in [-0.4, -0.2) is 12.5 Å². The van der Waals surface area contributed by atoms with Crippen LogP contribution in [0.15, 0.2) is 24.3 Å². The molecule has 0 aliphatic carbocycles. The maximum Gasteiger partial charge on any atom is 0.220 e. The standard InChI is InChI=1S/C15H24N2O/c1-11-4-7-14(8-5-11)13(3)17-15(18)9-6-12(2)10-16/h4-5,7-8,12-13H,6,9-10,16H2,1-3H3,(H,17,18)/t12?,13-/m0/s1. The Labute approximate surface area is 110 Å². The quantitative estimate of drug-likeness (QED) is 0.813. The summed E-state index contributed by atoms with van der Waals surface area (Å²) in [7, 11) is 0. The molecule has 3 N–H and O–H groups in total. The van der Waals surface area contributed by atoms with Crippen molar-refractivity contribution in [1.82, 2.24) is 5.32 Å². The summed E-state index contributed by atoms with van der Waals surface area (Å²) in [4.78, 5) is 11.8. The van der Waals surface area contributed by atoms with Crippen LogP contribution in [0.1, 0.15) is 43.9 Å². The molecule has 0 aliphatic heterocycles. The fraction of sp³-hybridized carbons (Fsp3) is 0.533. The van der Waals surface area contributed by atoms with Gasteiger partial charge in [-0.3, -0.25) is 4.79 Å². The molecule has 0 spiro atoms. The molecule has 100 valence electrons. The molecule has 1 aromatic carbocycles. The Morgan fingerprint density at radius 1 is 1.28 bits per heavy atom. The van der Waals surface area contributed by atoms with Gasteiger partial charge in [-0.25, -0.2) is 0 Å². The number of amides is 1. The Hall–Kier alpha value is -1.35. The monoisotopic (exact) mass is 248 g/mol. The molecule has 0 saturated heterocycles. The molecule has 0 aliphatic rings. The van der Waals surface area contributed by atoms with Crippen LogP contribution in [0, 0.1) is 12.8 Å². The van der Waals surface area contributed by atoms with Gasteiger partial charge in [0.05, 0.1) is 6.04 Å². The third-order valence-corrected chi connectivity index (χ3v) is 3.22. The number of hydrogen-bond donors (Lipinski definition) is 2. The van der Waals surface area contributed by atoms with Gasteiger partial charge >= 0.3 is 0 Å². The molecule has 0 bridgehead atoms. The average Bonchev–Trinajstić information content (AvgIpc) is 2.36. The molecule has 0 radical (unpaired) electrons. The van der Waals surface area contributed by atoms with E-state index in [1.165, 1.54) is 5.56 Å². The molecule has 1 amide bonds. The van der Waals surface area contributed by atoms with Gasteiger partial charge in [0, 0.05) is 6.42 Å². The van der Waals surface area contributed by atoms with Gasteiger partial charge in [0.15, 0.2) is 0 Å². The van der Waals surface area contributed by atoms with E-state index in [4.69, 9.17) is 5.73 Å². The summed E-state index contributed by atoms with van der Waals surface area (Å²) < 4.78 is 0. The maximum absolute atomic E-state index is 11.8. The maximum atomic E-state index is 11.8. The zero-order valence-corrected chi connectivity index (χ0v) is 11.6. The lowest BCUT2D eigenvalue weighted by atomic mass is 10.0. The summed E-state index contributed by atoms with van der Waals surface area (Å²) in [5, 5.41) is 3.02. The number of nitrogens with one attached hydrogen (secondary N) is 1. The second-order valence-electron chi connectivity index (χ2n) is 5.08. The molecule has 1 unspecified atom stereocenters. The number of nitrogens with two attached hydrogens (primary N) is 1. The second-order valence-corrected chi connectivity index (χ2v) is 5.08. The summed E-state index contributed by atoms with van der Waals surface area (Å²) in [5.74, 6) is 0.508. The van der Waals surface area contributed by atoms with Crippen molar-refractivity contribution < 1.29 is 4.79 Å². The van der Waals surface area contributed by atoms with Gasteiger partial charge in [0.25, 0.3) is 0 Å². The lowest BCUT2D eigenvalue weighted by molar-refractivity contribution is -0.122. The van der Waals surface area contributed by atoms with E-state index in [1.807, 2.05) is 6.92 Å². The third kappa shape index (κ3) is 4.88. The smallest absolute Gasteiger partial charge is 0.220 e. The van der Waals surface area contributed by atoms with E-state index in [2.05, 4.69) is 43.4 Å². The average molecular weight is 248 g/mol. The summed E-state index contributed by atoms with van der Waals surface area (Å²) >= 11 is 0. The van der Waals surface area contributed by atoms with E-state index in [1.54, 1.807) is 0 Å². The van der Waals surface area contributed by atoms with Crippen molar-refractivity contribution in [2.75, 3.05) is 6.54 Å². The normalized spacial score (nSPS) is 14.0. The van der Waals surface area contributed by atoms with Crippen molar-refractivity contribution in [3.63, 3.8) is 0 Å². The highest BCUT2D eigenvalue weighted by atomic mass is 16.1. The Kier molecular flexibility index (Phi) is 5.86. The van der Waals surface area contributed by atoms with Crippen LogP contribution in [0.2, 0.25) is 0 Å². The van der Waals surface area contributed by atoms with E-state index in [0.29, 0.717) is 18.9 Å². The number of benzene rings is 1. The number of rotatable bonds is 6. The molecule has 3 nitrogen and oxygen atoms in total. The highest BCUT2D eigenvalue weighted by Gasteiger charge is 2.10. The van der Waals surface area contributed by atoms with E-state index < -0.39 is 0 Å². The van der Waals surface area contributed by atoms with E-state index >= 15 is 0 Å². The van der Waals surface area contributed by atoms with Crippen molar-refractivity contribution in [3.05, 3.63) is 35.4 Å². The van der Waals surface area contributed by atoms with Gasteiger partial charge in [-0.05, 0) is 38.3 Å². The Morgan fingerprint density at radius 2 is 1.89 bits per heavy atom. The lowest BCUT2D eigenvalue weighted by Crippen LogP contribution is -2.27. The Morgan fingerprint density at radius 3 is 2.44 bits per heavy atom. The van der Waals surface area contributed by atoms with Gasteiger partial charge in [-0.2, -0.15) is 0 Å². The molecule has 18 heavy (non-hydrogen) atoms. The first-order chi connectivity index (χ1) is 8.52. The zero-order chi connectivity index (χ0) is 13.5. The molecule has 2 atom stereocenters. The lowest BCUT2D eigenvalue weighted by Gasteiger charge is -2.15. The topological polar surface area (TPSA) is 55.1 Å². The Bertz CT molecular complexity index is 373. The van der Waals surface area contributed by atoms with Crippen molar-refractivity contribution in [2.45, 2.75) is 39.7 Å². The van der Waals surface area contributed by atoms with Gasteiger partial charge in [-0.15, -0.1) is 0 Å². The van der Waals surface area contributed by atoms with Crippen molar-refractivity contribution in [2.24, 2.45) is 11.7 Å². The van der Waals surface area contributed by atoms with Crippen molar-refractivity contribution >= 4 is 5.91 Å². The van der Waals surface area contributed by atoms with Crippen LogP contribution in [0.3, 0.4) is 0 Å². The largest absolute Gasteiger partial charge is 0.350 e. The molecule has 0 aromatic heterocycles. The number of hydrogen-bond acceptors (Lipinski definition) is 2. The number of carbonyl (C=O) groups excluding carboxylic acids is 1. The molecular weight excluding hydrogens is 224 g/mol. The summed E-state index contributed by atoms with van der Waals surface area (Å²) in [6.07, 6.45) is 1.40. The summed E-state index contributed by atoms with van der Waals surface area (Å²) in [6, 6.07) is 8.31. The first-order valence-corrected chi connectivity index (χ1v) is 6.59. The van der Waals surface area contributed by atoms with Crippen molar-refractivity contribution in [3.8, 4) is 0 Å². The van der Waals surface area contributed by atoms with Crippen LogP contribution >= 0.6 is 0 Å². The molecule has 0 fully saturated rings. The van der Waals surface area contributed by atoms with Gasteiger partial charge in [0.1, 0.15) is 0 Å². The first-order valence-electron chi connectivity index (χ1n) is 6.59. The van der Waals surface area contributed by atoms with Crippen LogP contribution in [0.4, 0.5) is 0 Å². The Balaban J connectivity index is 2.42. The van der Waals surface area contributed by atoms with E-state index in [0.717, 1.165) is 12.0 Å². The minimum Gasteiger partial charge on any atom is -0.350 e. The minimum absolute atomic E-state index is 0.0614. The molecule has 3 heteroatoms. The highest BCUT2D eigenvalue weighted by molar-refractivity contribution is 5.76. The fourth-order valence-electron chi connectivity index (χ4n) is 1.75. The van der Waals surface area contributed by atoms with Crippen LogP contribution in [-0.2, 0) is 4.79 Å². The third-order valence-electron chi connectivity index (χ3n) is 3.22. The van der Waals surface area contributed by atoms with Crippen LogP contribution in [0.25, 0.3) is 0 Å². The summed E-state index contributed by atoms with van der Waals surface area (Å²) in [6.45, 7) is 6.77. The zero-order valence-electron chi connectivity index (χ0n) is 11.6. The molecular formula is C15H24N2O. The molecule has 0 saturated carbocycles. The first kappa shape index (κ1) is 14.7. The van der Waals surface area contributed by atoms with Crippen LogP contribution in [0.5, 0.6) is 0 Å². The summed E-state index contributed by atoms with van der Waals surface area (Å²) in [5.41, 5.74) is 7.90. The highest BCUT2D eigenvalue weighted by Crippen LogP contribution is 2.13. The van der Waals surface area contributed by atoms with E-state index in [-0.39, 0.29) is 11.9 Å². The molecule has 1 aromatic rings. The number of carbonyl (C=O) groups is 1. The van der Waals surface area contributed by atoms with Gasteiger partial charge in [-0.1, -0.05) is 36.8 Å². The minimum atomic E-state index is 0.0614. The second kappa shape index (κ2) is 7.17. The van der Waals surface area contributed by atoms with Gasteiger partial charge in [0.2, 0.25) is 5.91 Å². The predicted molar refractivity (Wildman–Crippen MR) is 75.2 cm³/mol. The SMILES string of the molecule is Cc1ccc([C@H](C)NC(=O)CCC(C)CN)cc1. The van der Waals surface area contributed by atoms with Gasteiger partial charge < -0.3 is 11.1 Å². The predicted octanol–water partition coefficient (Wildman–Crippen LogP) is 2.55. The van der Waals surface area contributed by atoms with Crippen molar-refractivity contribution in [1.29, 1.82) is 0 Å². The fourth-order valence-corrected chi connectivity index (χ4v) is 1.75. The van der Waals surface area contributed by atoms with Crippen LogP contribution < -0.4 is 11.1 Å². The molecule has 1 rings (SSSR count). The number of aryl methyl sites for hydroxylation is 1. The molecule has 0 heterocycles.